The Hall–Kier alpha value is -3.00. The van der Waals surface area contributed by atoms with Crippen molar-refractivity contribution in [3.05, 3.63) is 54.2 Å². The highest BCUT2D eigenvalue weighted by molar-refractivity contribution is 7.19. The second-order valence-corrected chi connectivity index (χ2v) is 6.79. The lowest BCUT2D eigenvalue weighted by Gasteiger charge is -2.08. The summed E-state index contributed by atoms with van der Waals surface area (Å²) in [5, 5.41) is 7.50. The first kappa shape index (κ1) is 16.5. The molecule has 1 aliphatic carbocycles. The number of aromatic nitrogens is 3. The minimum Gasteiger partial charge on any atom is -0.463 e. The molecule has 0 aliphatic heterocycles. The van der Waals surface area contributed by atoms with Gasteiger partial charge in [0.1, 0.15) is 11.5 Å². The normalized spacial score (nSPS) is 14.1. The molecule has 1 aliphatic rings. The van der Waals surface area contributed by atoms with Gasteiger partial charge in [-0.15, -0.1) is 0 Å². The van der Waals surface area contributed by atoms with Crippen LogP contribution in [-0.2, 0) is 11.8 Å². The van der Waals surface area contributed by atoms with E-state index in [4.69, 9.17) is 4.42 Å². The number of carbonyl (C=O) groups is 1. The van der Waals surface area contributed by atoms with Crippen molar-refractivity contribution in [2.24, 2.45) is 7.05 Å². The lowest BCUT2D eigenvalue weighted by Crippen LogP contribution is -2.15. The molecule has 0 aromatic carbocycles. The molecule has 0 fully saturated rings. The molecule has 0 saturated heterocycles. The van der Waals surface area contributed by atoms with Gasteiger partial charge in [-0.3, -0.25) is 14.8 Å². The van der Waals surface area contributed by atoms with E-state index in [1.807, 2.05) is 19.2 Å². The number of nitrogens with one attached hydrogen (secondary N) is 1. The number of aryl methyl sites for hydroxylation is 1. The molecule has 3 aromatic rings. The van der Waals surface area contributed by atoms with E-state index in [1.165, 1.54) is 17.4 Å². The lowest BCUT2D eigenvalue weighted by atomic mass is 10.1. The van der Waals surface area contributed by atoms with E-state index >= 15 is 0 Å². The van der Waals surface area contributed by atoms with Gasteiger partial charge in [-0.25, -0.2) is 9.37 Å². The number of nitrogens with zero attached hydrogens (tertiary/aromatic N) is 3. The molecule has 0 unspecified atom stereocenters. The molecule has 0 bridgehead atoms. The van der Waals surface area contributed by atoms with E-state index in [2.05, 4.69) is 15.4 Å². The molecule has 3 heterocycles. The number of amides is 1. The number of hydrogen-bond acceptors (Lipinski definition) is 5. The van der Waals surface area contributed by atoms with Crippen LogP contribution in [0, 0.1) is 0 Å². The minimum atomic E-state index is -0.486. The molecule has 3 aromatic heterocycles. The van der Waals surface area contributed by atoms with Crippen molar-refractivity contribution in [1.82, 2.24) is 14.8 Å². The molecule has 1 N–H and O–H groups in total. The highest BCUT2D eigenvalue weighted by atomic mass is 32.1. The lowest BCUT2D eigenvalue weighted by molar-refractivity contribution is -0.112. The molecule has 0 spiro atoms. The summed E-state index contributed by atoms with van der Waals surface area (Å²) in [7, 11) is 1.83. The smallest absolute Gasteiger partial charge is 0.260 e. The first-order chi connectivity index (χ1) is 12.6. The van der Waals surface area contributed by atoms with Crippen molar-refractivity contribution >= 4 is 22.4 Å². The van der Waals surface area contributed by atoms with Gasteiger partial charge in [0.2, 0.25) is 0 Å². The van der Waals surface area contributed by atoms with E-state index in [0.717, 1.165) is 10.6 Å². The average Bonchev–Trinajstić information content (AvgIpc) is 3.35. The first-order valence-electron chi connectivity index (χ1n) is 8.02. The van der Waals surface area contributed by atoms with Crippen molar-refractivity contribution < 1.29 is 13.6 Å². The maximum Gasteiger partial charge on any atom is 0.260 e. The summed E-state index contributed by atoms with van der Waals surface area (Å²) >= 11 is 1.30. The summed E-state index contributed by atoms with van der Waals surface area (Å²) in [6.07, 6.45) is 7.42. The van der Waals surface area contributed by atoms with Crippen LogP contribution in [0.4, 0.5) is 9.52 Å². The zero-order chi connectivity index (χ0) is 18.1. The van der Waals surface area contributed by atoms with E-state index < -0.39 is 11.7 Å². The van der Waals surface area contributed by atoms with Crippen molar-refractivity contribution in [2.45, 2.75) is 12.8 Å². The van der Waals surface area contributed by atoms with Gasteiger partial charge < -0.3 is 4.42 Å². The third kappa shape index (κ3) is 3.11. The van der Waals surface area contributed by atoms with Gasteiger partial charge in [-0.1, -0.05) is 23.5 Å². The van der Waals surface area contributed by atoms with Crippen LogP contribution in [0.1, 0.15) is 12.8 Å². The fraction of sp³-hybridized carbons (Fsp3) is 0.167. The van der Waals surface area contributed by atoms with E-state index in [0.29, 0.717) is 23.0 Å². The summed E-state index contributed by atoms with van der Waals surface area (Å²) in [5.41, 5.74) is 1.62. The molecule has 132 valence electrons. The molecule has 0 saturated carbocycles. The third-order valence-electron chi connectivity index (χ3n) is 3.98. The summed E-state index contributed by atoms with van der Waals surface area (Å²) in [5.74, 6) is -0.200. The van der Waals surface area contributed by atoms with Gasteiger partial charge in [0.25, 0.3) is 5.91 Å². The number of anilines is 1. The van der Waals surface area contributed by atoms with Crippen molar-refractivity contribution in [3.8, 4) is 22.0 Å². The molecule has 26 heavy (non-hydrogen) atoms. The van der Waals surface area contributed by atoms with E-state index in [-0.39, 0.29) is 12.0 Å². The number of furan rings is 1. The summed E-state index contributed by atoms with van der Waals surface area (Å²) < 4.78 is 20.9. The zero-order valence-corrected chi connectivity index (χ0v) is 14.7. The molecular formula is C18H15FN4O2S. The van der Waals surface area contributed by atoms with Crippen LogP contribution in [0.5, 0.6) is 0 Å². The highest BCUT2D eigenvalue weighted by Gasteiger charge is 2.18. The number of rotatable bonds is 4. The molecule has 1 amide bonds. The third-order valence-corrected chi connectivity index (χ3v) is 4.92. The number of allylic oxidation sites excluding steroid dienone is 2. The van der Waals surface area contributed by atoms with Gasteiger partial charge >= 0.3 is 0 Å². The predicted molar refractivity (Wildman–Crippen MR) is 97.2 cm³/mol. The van der Waals surface area contributed by atoms with Gasteiger partial charge in [0.05, 0.1) is 22.4 Å². The molecule has 0 radical (unpaired) electrons. The van der Waals surface area contributed by atoms with Crippen LogP contribution in [0.15, 0.2) is 58.6 Å². The Morgan fingerprint density at radius 2 is 2.35 bits per heavy atom. The largest absolute Gasteiger partial charge is 0.463 e. The fourth-order valence-corrected chi connectivity index (χ4v) is 3.55. The van der Waals surface area contributed by atoms with Crippen LogP contribution in [-0.4, -0.2) is 20.7 Å². The molecule has 6 nitrogen and oxygen atoms in total. The Morgan fingerprint density at radius 1 is 1.46 bits per heavy atom. The van der Waals surface area contributed by atoms with E-state index in [9.17, 15) is 9.18 Å². The Morgan fingerprint density at radius 3 is 3.12 bits per heavy atom. The van der Waals surface area contributed by atoms with Gasteiger partial charge in [-0.05, 0) is 24.6 Å². The Balaban J connectivity index is 1.55. The average molecular weight is 370 g/mol. The van der Waals surface area contributed by atoms with Gasteiger partial charge in [-0.2, -0.15) is 5.10 Å². The van der Waals surface area contributed by atoms with Crippen LogP contribution in [0.3, 0.4) is 0 Å². The number of hydrogen-bond donors (Lipinski definition) is 1. The fourth-order valence-electron chi connectivity index (χ4n) is 2.69. The highest BCUT2D eigenvalue weighted by Crippen LogP contribution is 2.32. The molecule has 0 atom stereocenters. The van der Waals surface area contributed by atoms with Gasteiger partial charge in [0.15, 0.2) is 10.9 Å². The Bertz CT molecular complexity index is 1010. The summed E-state index contributed by atoms with van der Waals surface area (Å²) in [6, 6.07) is 5.53. The Kier molecular flexibility index (Phi) is 4.26. The molecular weight excluding hydrogens is 355 g/mol. The quantitative estimate of drug-likeness (QED) is 0.742. The number of halogens is 1. The van der Waals surface area contributed by atoms with Crippen LogP contribution < -0.4 is 5.32 Å². The van der Waals surface area contributed by atoms with Crippen molar-refractivity contribution in [2.75, 3.05) is 5.32 Å². The maximum absolute atomic E-state index is 13.8. The second kappa shape index (κ2) is 6.72. The topological polar surface area (TPSA) is 73.0 Å². The van der Waals surface area contributed by atoms with Crippen LogP contribution >= 0.6 is 11.3 Å². The van der Waals surface area contributed by atoms with Crippen molar-refractivity contribution in [3.63, 3.8) is 0 Å². The minimum absolute atomic E-state index is 0.0636. The van der Waals surface area contributed by atoms with Crippen LogP contribution in [0.25, 0.3) is 22.0 Å². The standard InChI is InChI=1S/C18H15FN4O2S/c1-23-14(9-13(22-23)15-7-4-8-25-15)16-10-20-18(26-16)21-17(24)11-5-2-3-6-12(11)19/h2,4-5,7-10H,3,6H2,1H3,(H,20,21,24). The first-order valence-corrected chi connectivity index (χ1v) is 8.84. The summed E-state index contributed by atoms with van der Waals surface area (Å²) in [4.78, 5) is 17.3. The van der Waals surface area contributed by atoms with Crippen molar-refractivity contribution in [1.29, 1.82) is 0 Å². The maximum atomic E-state index is 13.8. The Labute approximate surface area is 152 Å². The number of thiazole rings is 1. The molecule has 4 rings (SSSR count). The van der Waals surface area contributed by atoms with Crippen LogP contribution in [0.2, 0.25) is 0 Å². The number of carbonyl (C=O) groups excluding carboxylic acids is 1. The predicted octanol–water partition coefficient (Wildman–Crippen LogP) is 4.32. The van der Waals surface area contributed by atoms with Gasteiger partial charge in [0, 0.05) is 19.7 Å². The summed E-state index contributed by atoms with van der Waals surface area (Å²) in [6.45, 7) is 0. The second-order valence-electron chi connectivity index (χ2n) is 5.76. The monoisotopic (exact) mass is 370 g/mol. The molecule has 8 heteroatoms. The SMILES string of the molecule is Cn1nc(-c2ccco2)cc1-c1cnc(NC(=O)C2=C(F)CCC=C2)s1. The van der Waals surface area contributed by atoms with E-state index in [1.54, 1.807) is 29.3 Å². The zero-order valence-electron chi connectivity index (χ0n) is 13.9.